The van der Waals surface area contributed by atoms with Gasteiger partial charge < -0.3 is 19.5 Å². The Hall–Kier alpha value is -3.61. The molecule has 0 fully saturated rings. The van der Waals surface area contributed by atoms with E-state index in [0.29, 0.717) is 36.5 Å². The monoisotopic (exact) mass is 404 g/mol. The maximum Gasteiger partial charge on any atom is 0.258 e. The zero-order valence-corrected chi connectivity index (χ0v) is 16.9. The van der Waals surface area contributed by atoms with Gasteiger partial charge in [-0.05, 0) is 42.7 Å². The van der Waals surface area contributed by atoms with Gasteiger partial charge in [0.15, 0.2) is 0 Å². The number of anilines is 2. The van der Waals surface area contributed by atoms with Crippen LogP contribution in [0, 0.1) is 0 Å². The second kappa shape index (κ2) is 8.82. The lowest BCUT2D eigenvalue weighted by Gasteiger charge is -2.31. The fraction of sp³-hybridized carbons (Fsp3) is 0.261. The molecule has 0 saturated heterocycles. The Labute approximate surface area is 175 Å². The van der Waals surface area contributed by atoms with Gasteiger partial charge in [-0.1, -0.05) is 18.2 Å². The Morgan fingerprint density at radius 1 is 1.20 bits per heavy atom. The van der Waals surface area contributed by atoms with Crippen LogP contribution in [0.25, 0.3) is 0 Å². The van der Waals surface area contributed by atoms with Crippen molar-refractivity contribution in [3.8, 4) is 5.75 Å². The number of hydrogen-bond acceptors (Lipinski definition) is 4. The Balaban J connectivity index is 1.49. The zero-order valence-electron chi connectivity index (χ0n) is 16.9. The van der Waals surface area contributed by atoms with E-state index in [1.807, 2.05) is 29.0 Å². The molecule has 0 spiro atoms. The number of amides is 2. The van der Waals surface area contributed by atoms with E-state index in [-0.39, 0.29) is 11.8 Å². The topological polar surface area (TPSA) is 76.5 Å². The summed E-state index contributed by atoms with van der Waals surface area (Å²) in [4.78, 5) is 31.3. The van der Waals surface area contributed by atoms with E-state index in [1.165, 1.54) is 0 Å². The van der Waals surface area contributed by atoms with E-state index in [2.05, 4.69) is 10.3 Å². The number of nitrogens with zero attached hydrogens (tertiary/aromatic N) is 3. The lowest BCUT2D eigenvalue weighted by Crippen LogP contribution is -2.35. The summed E-state index contributed by atoms with van der Waals surface area (Å²) in [5, 5.41) is 2.88. The standard InChI is InChI=1S/C23H24N4O3/c1-30-20-9-3-5-17-7-4-12-27(22(17)20)23(29)18-6-2-8-19(15-18)25-21(28)10-13-26-14-11-24-16-26/h2-3,5-6,8-9,11,14-16H,4,7,10,12-13H2,1H3,(H,25,28). The van der Waals surface area contributed by atoms with Crippen LogP contribution >= 0.6 is 0 Å². The van der Waals surface area contributed by atoms with Crippen molar-refractivity contribution in [3.63, 3.8) is 0 Å². The van der Waals surface area contributed by atoms with Crippen LogP contribution < -0.4 is 15.0 Å². The number of benzene rings is 2. The second-order valence-electron chi connectivity index (χ2n) is 7.21. The van der Waals surface area contributed by atoms with Crippen molar-refractivity contribution in [1.82, 2.24) is 9.55 Å². The van der Waals surface area contributed by atoms with Crippen molar-refractivity contribution < 1.29 is 14.3 Å². The maximum absolute atomic E-state index is 13.3. The highest BCUT2D eigenvalue weighted by molar-refractivity contribution is 6.08. The summed E-state index contributed by atoms with van der Waals surface area (Å²) in [5.74, 6) is 0.484. The molecule has 1 N–H and O–H groups in total. The largest absolute Gasteiger partial charge is 0.495 e. The van der Waals surface area contributed by atoms with Crippen molar-refractivity contribution in [1.29, 1.82) is 0 Å². The molecule has 30 heavy (non-hydrogen) atoms. The number of hydrogen-bond donors (Lipinski definition) is 1. The average molecular weight is 404 g/mol. The molecule has 7 heteroatoms. The normalized spacial score (nSPS) is 12.9. The van der Waals surface area contributed by atoms with E-state index < -0.39 is 0 Å². The number of methoxy groups -OCH3 is 1. The molecule has 2 aromatic carbocycles. The molecule has 2 heterocycles. The molecule has 0 aliphatic carbocycles. The van der Waals surface area contributed by atoms with E-state index in [9.17, 15) is 9.59 Å². The van der Waals surface area contributed by atoms with Crippen molar-refractivity contribution in [3.05, 3.63) is 72.3 Å². The van der Waals surface area contributed by atoms with Crippen molar-refractivity contribution in [2.45, 2.75) is 25.8 Å². The molecule has 1 aliphatic heterocycles. The van der Waals surface area contributed by atoms with Crippen LogP contribution in [0.3, 0.4) is 0 Å². The quantitative estimate of drug-likeness (QED) is 0.682. The summed E-state index contributed by atoms with van der Waals surface area (Å²) in [6.07, 6.45) is 7.32. The third kappa shape index (κ3) is 4.20. The maximum atomic E-state index is 13.3. The van der Waals surface area contributed by atoms with Gasteiger partial charge in [-0.25, -0.2) is 4.98 Å². The Kier molecular flexibility index (Phi) is 5.79. The molecule has 1 aliphatic rings. The van der Waals surface area contributed by atoms with Gasteiger partial charge in [0.1, 0.15) is 5.75 Å². The Bertz CT molecular complexity index is 1030. The van der Waals surface area contributed by atoms with Gasteiger partial charge in [-0.15, -0.1) is 0 Å². The molecule has 2 amide bonds. The first kappa shape index (κ1) is 19.7. The molecule has 0 bridgehead atoms. The van der Waals surface area contributed by atoms with Gasteiger partial charge in [-0.2, -0.15) is 0 Å². The zero-order chi connectivity index (χ0) is 20.9. The number of carbonyl (C=O) groups is 2. The molecular weight excluding hydrogens is 380 g/mol. The molecule has 0 unspecified atom stereocenters. The molecule has 1 aromatic heterocycles. The molecule has 7 nitrogen and oxygen atoms in total. The summed E-state index contributed by atoms with van der Waals surface area (Å²) in [6.45, 7) is 1.18. The number of nitrogens with one attached hydrogen (secondary N) is 1. The lowest BCUT2D eigenvalue weighted by atomic mass is 10.00. The van der Waals surface area contributed by atoms with E-state index in [0.717, 1.165) is 24.1 Å². The first-order valence-electron chi connectivity index (χ1n) is 9.99. The summed E-state index contributed by atoms with van der Waals surface area (Å²) < 4.78 is 7.35. The Morgan fingerprint density at radius 3 is 2.87 bits per heavy atom. The van der Waals surface area contributed by atoms with Gasteiger partial charge in [0.05, 0.1) is 19.1 Å². The third-order valence-electron chi connectivity index (χ3n) is 5.19. The number of ether oxygens (including phenoxy) is 1. The second-order valence-corrected chi connectivity index (χ2v) is 7.21. The van der Waals surface area contributed by atoms with Crippen molar-refractivity contribution >= 4 is 23.2 Å². The van der Waals surface area contributed by atoms with Gasteiger partial charge in [0.25, 0.3) is 5.91 Å². The number of para-hydroxylation sites is 1. The molecule has 4 rings (SSSR count). The van der Waals surface area contributed by atoms with Gasteiger partial charge in [0, 0.05) is 43.2 Å². The van der Waals surface area contributed by atoms with E-state index in [4.69, 9.17) is 4.74 Å². The van der Waals surface area contributed by atoms with Gasteiger partial charge >= 0.3 is 0 Å². The molecule has 0 radical (unpaired) electrons. The highest BCUT2D eigenvalue weighted by atomic mass is 16.5. The number of imidazole rings is 1. The number of fused-ring (bicyclic) bond motifs is 1. The predicted octanol–water partition coefficient (Wildman–Crippen LogP) is 3.51. The van der Waals surface area contributed by atoms with Gasteiger partial charge in [0.2, 0.25) is 5.91 Å². The van der Waals surface area contributed by atoms with Crippen LogP contribution in [0.4, 0.5) is 11.4 Å². The van der Waals surface area contributed by atoms with Crippen LogP contribution in [-0.4, -0.2) is 35.0 Å². The first-order valence-corrected chi connectivity index (χ1v) is 9.99. The van der Waals surface area contributed by atoms with Crippen molar-refractivity contribution in [2.75, 3.05) is 23.9 Å². The highest BCUT2D eigenvalue weighted by Gasteiger charge is 2.26. The fourth-order valence-corrected chi connectivity index (χ4v) is 3.74. The number of aryl methyl sites for hydroxylation is 2. The first-order chi connectivity index (χ1) is 14.7. The molecule has 0 saturated carbocycles. The smallest absolute Gasteiger partial charge is 0.258 e. The number of aromatic nitrogens is 2. The predicted molar refractivity (Wildman–Crippen MR) is 115 cm³/mol. The third-order valence-corrected chi connectivity index (χ3v) is 5.19. The minimum absolute atomic E-state index is 0.102. The number of rotatable bonds is 6. The summed E-state index contributed by atoms with van der Waals surface area (Å²) in [6, 6.07) is 12.9. The number of carbonyl (C=O) groups excluding carboxylic acids is 2. The molecule has 154 valence electrons. The molecule has 3 aromatic rings. The summed E-state index contributed by atoms with van der Waals surface area (Å²) >= 11 is 0. The van der Waals surface area contributed by atoms with Crippen molar-refractivity contribution in [2.24, 2.45) is 0 Å². The fourth-order valence-electron chi connectivity index (χ4n) is 3.74. The van der Waals surface area contributed by atoms with Crippen LogP contribution in [-0.2, 0) is 17.8 Å². The molecule has 0 atom stereocenters. The minimum atomic E-state index is -0.113. The average Bonchev–Trinajstić information content (AvgIpc) is 3.30. The van der Waals surface area contributed by atoms with E-state index >= 15 is 0 Å². The minimum Gasteiger partial charge on any atom is -0.495 e. The van der Waals surface area contributed by atoms with E-state index in [1.54, 1.807) is 48.8 Å². The van der Waals surface area contributed by atoms with Crippen LogP contribution in [0.15, 0.2) is 61.2 Å². The molecular formula is C23H24N4O3. The SMILES string of the molecule is COc1cccc2c1N(C(=O)c1cccc(NC(=O)CCn3ccnc3)c1)CCC2. The lowest BCUT2D eigenvalue weighted by molar-refractivity contribution is -0.116. The Morgan fingerprint density at radius 2 is 2.07 bits per heavy atom. The highest BCUT2D eigenvalue weighted by Crippen LogP contribution is 2.37. The summed E-state index contributed by atoms with van der Waals surface area (Å²) in [7, 11) is 1.62. The summed E-state index contributed by atoms with van der Waals surface area (Å²) in [5.41, 5.74) is 3.08. The van der Waals surface area contributed by atoms with Crippen LogP contribution in [0.2, 0.25) is 0 Å². The van der Waals surface area contributed by atoms with Gasteiger partial charge in [-0.3, -0.25) is 9.59 Å². The van der Waals surface area contributed by atoms with Crippen LogP contribution in [0.1, 0.15) is 28.8 Å². The van der Waals surface area contributed by atoms with Crippen LogP contribution in [0.5, 0.6) is 5.75 Å².